The van der Waals surface area contributed by atoms with E-state index in [1.807, 2.05) is 11.8 Å². The highest BCUT2D eigenvalue weighted by atomic mass is 32.2. The summed E-state index contributed by atoms with van der Waals surface area (Å²) in [5, 5.41) is 0. The number of thioether (sulfide) groups is 1. The van der Waals surface area contributed by atoms with Crippen molar-refractivity contribution in [1.29, 1.82) is 0 Å². The maximum atomic E-state index is 6.41. The fraction of sp³-hybridized carbons (Fsp3) is 0.700. The number of hydrogen-bond acceptors (Lipinski definition) is 4. The first-order valence-corrected chi connectivity index (χ1v) is 10.5. The predicted octanol–water partition coefficient (Wildman–Crippen LogP) is 5.06. The molecule has 5 heteroatoms. The van der Waals surface area contributed by atoms with Crippen LogP contribution in [0.5, 0.6) is 0 Å². The average molecular weight is 362 g/mol. The van der Waals surface area contributed by atoms with Crippen LogP contribution in [0.2, 0.25) is 5.82 Å². The third-order valence-corrected chi connectivity index (χ3v) is 7.00. The fourth-order valence-corrected chi connectivity index (χ4v) is 4.61. The summed E-state index contributed by atoms with van der Waals surface area (Å²) in [6.07, 6.45) is 3.34. The molecule has 0 N–H and O–H groups in total. The van der Waals surface area contributed by atoms with E-state index >= 15 is 0 Å². The molecule has 138 valence electrons. The summed E-state index contributed by atoms with van der Waals surface area (Å²) in [7, 11) is -0.107. The Kier molecular flexibility index (Phi) is 6.20. The molecular formula is C20H31BO3S. The van der Waals surface area contributed by atoms with Gasteiger partial charge < -0.3 is 14.0 Å². The molecule has 2 aliphatic rings. The van der Waals surface area contributed by atoms with Crippen LogP contribution >= 0.6 is 11.8 Å². The molecule has 0 bridgehead atoms. The SMILES string of the molecule is CC1(C)OB(C(CCSc2ccccc2)C2CCOCC2)OC1(C)C. The summed E-state index contributed by atoms with van der Waals surface area (Å²) >= 11 is 1.93. The van der Waals surface area contributed by atoms with Crippen molar-refractivity contribution in [2.24, 2.45) is 5.92 Å². The lowest BCUT2D eigenvalue weighted by atomic mass is 9.61. The normalized spacial score (nSPS) is 24.4. The molecule has 2 saturated heterocycles. The highest BCUT2D eigenvalue weighted by molar-refractivity contribution is 7.99. The van der Waals surface area contributed by atoms with Gasteiger partial charge in [0, 0.05) is 18.1 Å². The molecule has 2 aliphatic heterocycles. The smallest absolute Gasteiger partial charge is 0.403 e. The minimum Gasteiger partial charge on any atom is -0.403 e. The van der Waals surface area contributed by atoms with Gasteiger partial charge in [-0.2, -0.15) is 0 Å². The van der Waals surface area contributed by atoms with E-state index in [-0.39, 0.29) is 18.3 Å². The van der Waals surface area contributed by atoms with Crippen LogP contribution in [0.25, 0.3) is 0 Å². The second-order valence-electron chi connectivity index (χ2n) is 8.19. The second-order valence-corrected chi connectivity index (χ2v) is 9.36. The van der Waals surface area contributed by atoms with Gasteiger partial charge in [0.15, 0.2) is 0 Å². The van der Waals surface area contributed by atoms with Crippen LogP contribution < -0.4 is 0 Å². The van der Waals surface area contributed by atoms with Crippen LogP contribution in [0.1, 0.15) is 47.0 Å². The molecule has 0 aromatic heterocycles. The van der Waals surface area contributed by atoms with Gasteiger partial charge in [-0.25, -0.2) is 0 Å². The minimum absolute atomic E-state index is 0.107. The van der Waals surface area contributed by atoms with Crippen molar-refractivity contribution in [3.8, 4) is 0 Å². The van der Waals surface area contributed by atoms with Crippen molar-refractivity contribution < 1.29 is 14.0 Å². The van der Waals surface area contributed by atoms with Crippen molar-refractivity contribution in [3.05, 3.63) is 30.3 Å². The molecule has 0 spiro atoms. The molecule has 2 fully saturated rings. The monoisotopic (exact) mass is 362 g/mol. The van der Waals surface area contributed by atoms with Crippen molar-refractivity contribution >= 4 is 18.9 Å². The molecule has 25 heavy (non-hydrogen) atoms. The summed E-state index contributed by atoms with van der Waals surface area (Å²) < 4.78 is 18.4. The Morgan fingerprint density at radius 3 is 2.24 bits per heavy atom. The van der Waals surface area contributed by atoms with E-state index < -0.39 is 0 Å². The highest BCUT2D eigenvalue weighted by Gasteiger charge is 2.54. The minimum atomic E-state index is -0.256. The quantitative estimate of drug-likeness (QED) is 0.522. The first kappa shape index (κ1) is 19.3. The molecule has 0 saturated carbocycles. The van der Waals surface area contributed by atoms with Crippen LogP contribution in [-0.4, -0.2) is 37.3 Å². The van der Waals surface area contributed by atoms with Gasteiger partial charge in [0.2, 0.25) is 0 Å². The molecule has 0 amide bonds. The Hall–Kier alpha value is -0.485. The van der Waals surface area contributed by atoms with Crippen molar-refractivity contribution in [3.63, 3.8) is 0 Å². The fourth-order valence-electron chi connectivity index (χ4n) is 3.63. The van der Waals surface area contributed by atoms with E-state index in [4.69, 9.17) is 14.0 Å². The van der Waals surface area contributed by atoms with Gasteiger partial charge in [-0.1, -0.05) is 18.2 Å². The number of benzene rings is 1. The zero-order valence-electron chi connectivity index (χ0n) is 16.0. The number of hydrogen-bond donors (Lipinski definition) is 0. The Balaban J connectivity index is 1.65. The zero-order valence-corrected chi connectivity index (χ0v) is 16.8. The van der Waals surface area contributed by atoms with E-state index in [0.29, 0.717) is 11.7 Å². The largest absolute Gasteiger partial charge is 0.461 e. The van der Waals surface area contributed by atoms with Gasteiger partial charge >= 0.3 is 7.12 Å². The van der Waals surface area contributed by atoms with Gasteiger partial charge in [0.1, 0.15) is 0 Å². The second kappa shape index (κ2) is 8.04. The lowest BCUT2D eigenvalue weighted by molar-refractivity contribution is 0.00578. The molecule has 0 radical (unpaired) electrons. The Bertz CT molecular complexity index is 527. The predicted molar refractivity (Wildman–Crippen MR) is 105 cm³/mol. The highest BCUT2D eigenvalue weighted by Crippen LogP contribution is 2.45. The lowest BCUT2D eigenvalue weighted by Crippen LogP contribution is -2.41. The number of rotatable bonds is 6. The third kappa shape index (κ3) is 4.62. The molecule has 2 heterocycles. The van der Waals surface area contributed by atoms with Gasteiger partial charge in [0.25, 0.3) is 0 Å². The van der Waals surface area contributed by atoms with Crippen LogP contribution in [0.3, 0.4) is 0 Å². The first-order chi connectivity index (χ1) is 11.9. The Morgan fingerprint density at radius 2 is 1.64 bits per heavy atom. The van der Waals surface area contributed by atoms with Crippen LogP contribution in [-0.2, 0) is 14.0 Å². The summed E-state index contributed by atoms with van der Waals surface area (Å²) in [5.74, 6) is 2.15. The molecule has 1 aromatic carbocycles. The van der Waals surface area contributed by atoms with Gasteiger partial charge in [-0.3, -0.25) is 0 Å². The first-order valence-electron chi connectivity index (χ1n) is 9.50. The molecule has 1 unspecified atom stereocenters. The summed E-state index contributed by atoms with van der Waals surface area (Å²) in [5.41, 5.74) is -0.513. The van der Waals surface area contributed by atoms with E-state index in [1.54, 1.807) is 0 Å². The Morgan fingerprint density at radius 1 is 1.04 bits per heavy atom. The standard InChI is InChI=1S/C20H31BO3S/c1-19(2)20(3,4)24-21(23-19)18(16-10-13-22-14-11-16)12-15-25-17-8-6-5-7-9-17/h5-9,16,18H,10-15H2,1-4H3. The van der Waals surface area contributed by atoms with E-state index in [0.717, 1.165) is 38.2 Å². The van der Waals surface area contributed by atoms with Crippen molar-refractivity contribution in [1.82, 2.24) is 0 Å². The zero-order chi connectivity index (χ0) is 17.9. The van der Waals surface area contributed by atoms with E-state index in [1.165, 1.54) is 4.90 Å². The van der Waals surface area contributed by atoms with Crippen molar-refractivity contribution in [2.75, 3.05) is 19.0 Å². The number of ether oxygens (including phenoxy) is 1. The topological polar surface area (TPSA) is 27.7 Å². The molecule has 3 rings (SSSR count). The van der Waals surface area contributed by atoms with Crippen LogP contribution in [0, 0.1) is 5.92 Å². The summed E-state index contributed by atoms with van der Waals surface area (Å²) in [6, 6.07) is 10.6. The van der Waals surface area contributed by atoms with E-state index in [2.05, 4.69) is 58.0 Å². The molecule has 3 nitrogen and oxygen atoms in total. The van der Waals surface area contributed by atoms with Crippen LogP contribution in [0.15, 0.2) is 35.2 Å². The van der Waals surface area contributed by atoms with Gasteiger partial charge in [-0.15, -0.1) is 11.8 Å². The van der Waals surface area contributed by atoms with Gasteiger partial charge in [0.05, 0.1) is 11.2 Å². The maximum absolute atomic E-state index is 6.41. The Labute approximate surface area is 157 Å². The molecule has 1 aromatic rings. The van der Waals surface area contributed by atoms with Gasteiger partial charge in [-0.05, 0) is 76.6 Å². The van der Waals surface area contributed by atoms with Crippen molar-refractivity contribution in [2.45, 2.75) is 68.9 Å². The summed E-state index contributed by atoms with van der Waals surface area (Å²) in [4.78, 5) is 1.34. The average Bonchev–Trinajstić information content (AvgIpc) is 2.81. The van der Waals surface area contributed by atoms with Crippen LogP contribution in [0.4, 0.5) is 0 Å². The molecule has 1 atom stereocenters. The molecule has 0 aliphatic carbocycles. The maximum Gasteiger partial charge on any atom is 0.461 e. The molecular weight excluding hydrogens is 331 g/mol. The lowest BCUT2D eigenvalue weighted by Gasteiger charge is -2.32. The third-order valence-electron chi connectivity index (χ3n) is 5.96. The van der Waals surface area contributed by atoms with E-state index in [9.17, 15) is 0 Å². The summed E-state index contributed by atoms with van der Waals surface area (Å²) in [6.45, 7) is 10.3.